The van der Waals surface area contributed by atoms with E-state index in [0.717, 1.165) is 4.90 Å². The molecular weight excluding hydrogens is 313 g/mol. The van der Waals surface area contributed by atoms with Crippen LogP contribution in [0.15, 0.2) is 48.5 Å². The predicted molar refractivity (Wildman–Crippen MR) is 82.6 cm³/mol. The largest absolute Gasteiger partial charge is 0.459 e. The zero-order chi connectivity index (χ0) is 17.3. The highest BCUT2D eigenvalue weighted by Crippen LogP contribution is 2.24. The standard InChI is InChI=1S/C18H14FNO4/c1-11(18(23)24-10-12-6-8-13(19)9-7-12)20-16(21)14-4-2-3-5-15(14)17(20)22/h2-9,11H,10H2,1H3. The van der Waals surface area contributed by atoms with Gasteiger partial charge in [0.25, 0.3) is 11.8 Å². The Hall–Kier alpha value is -3.02. The van der Waals surface area contributed by atoms with Crippen molar-refractivity contribution in [2.24, 2.45) is 0 Å². The van der Waals surface area contributed by atoms with Crippen molar-refractivity contribution in [2.75, 3.05) is 0 Å². The van der Waals surface area contributed by atoms with Crippen molar-refractivity contribution in [1.82, 2.24) is 4.90 Å². The molecular formula is C18H14FNO4. The summed E-state index contributed by atoms with van der Waals surface area (Å²) >= 11 is 0. The lowest BCUT2D eigenvalue weighted by molar-refractivity contribution is -0.149. The van der Waals surface area contributed by atoms with E-state index in [4.69, 9.17) is 4.74 Å². The molecule has 1 unspecified atom stereocenters. The maximum atomic E-state index is 12.8. The lowest BCUT2D eigenvalue weighted by Crippen LogP contribution is -2.43. The van der Waals surface area contributed by atoms with Crippen LogP contribution in [0.25, 0.3) is 0 Å². The van der Waals surface area contributed by atoms with Gasteiger partial charge in [-0.2, -0.15) is 0 Å². The molecule has 0 aliphatic carbocycles. The molecule has 0 radical (unpaired) electrons. The molecule has 5 nitrogen and oxygen atoms in total. The normalized spacial score (nSPS) is 14.5. The average molecular weight is 327 g/mol. The van der Waals surface area contributed by atoms with Crippen LogP contribution in [0.1, 0.15) is 33.2 Å². The van der Waals surface area contributed by atoms with Gasteiger partial charge in [0.05, 0.1) is 11.1 Å². The summed E-state index contributed by atoms with van der Waals surface area (Å²) in [5.41, 5.74) is 1.17. The van der Waals surface area contributed by atoms with E-state index < -0.39 is 23.8 Å². The number of benzene rings is 2. The number of halogens is 1. The molecule has 0 saturated heterocycles. The number of ether oxygens (including phenoxy) is 1. The highest BCUT2D eigenvalue weighted by atomic mass is 19.1. The Bertz CT molecular complexity index is 781. The third kappa shape index (κ3) is 2.78. The van der Waals surface area contributed by atoms with Crippen LogP contribution in [0.5, 0.6) is 0 Å². The Kier molecular flexibility index (Phi) is 4.12. The molecule has 1 aliphatic rings. The van der Waals surface area contributed by atoms with E-state index in [1.165, 1.54) is 31.2 Å². The minimum absolute atomic E-state index is 0.0629. The third-order valence-corrected chi connectivity index (χ3v) is 3.85. The molecule has 2 aromatic carbocycles. The molecule has 0 aromatic heterocycles. The van der Waals surface area contributed by atoms with Gasteiger partial charge in [0.1, 0.15) is 18.5 Å². The second-order valence-electron chi connectivity index (χ2n) is 5.44. The summed E-state index contributed by atoms with van der Waals surface area (Å²) in [6.45, 7) is 1.38. The maximum Gasteiger partial charge on any atom is 0.329 e. The summed E-state index contributed by atoms with van der Waals surface area (Å²) in [7, 11) is 0. The first-order chi connectivity index (χ1) is 11.5. The fourth-order valence-electron chi connectivity index (χ4n) is 2.52. The van der Waals surface area contributed by atoms with Gasteiger partial charge in [0.15, 0.2) is 0 Å². The van der Waals surface area contributed by atoms with Crippen molar-refractivity contribution in [3.63, 3.8) is 0 Å². The van der Waals surface area contributed by atoms with E-state index in [1.807, 2.05) is 0 Å². The molecule has 1 atom stereocenters. The fourth-order valence-corrected chi connectivity index (χ4v) is 2.52. The molecule has 1 aliphatic heterocycles. The van der Waals surface area contributed by atoms with Crippen molar-refractivity contribution in [2.45, 2.75) is 19.6 Å². The molecule has 2 amide bonds. The van der Waals surface area contributed by atoms with Crippen LogP contribution in [-0.4, -0.2) is 28.7 Å². The molecule has 0 N–H and O–H groups in total. The molecule has 122 valence electrons. The van der Waals surface area contributed by atoms with Gasteiger partial charge >= 0.3 is 5.97 Å². The number of carbonyl (C=O) groups excluding carboxylic acids is 3. The smallest absolute Gasteiger partial charge is 0.329 e. The van der Waals surface area contributed by atoms with Crippen molar-refractivity contribution >= 4 is 17.8 Å². The number of esters is 1. The van der Waals surface area contributed by atoms with Gasteiger partial charge in [-0.25, -0.2) is 9.18 Å². The molecule has 6 heteroatoms. The topological polar surface area (TPSA) is 63.7 Å². The van der Waals surface area contributed by atoms with E-state index in [2.05, 4.69) is 0 Å². The Morgan fingerprint density at radius 2 is 1.58 bits per heavy atom. The van der Waals surface area contributed by atoms with Crippen LogP contribution in [-0.2, 0) is 16.1 Å². The molecule has 0 fully saturated rings. The van der Waals surface area contributed by atoms with E-state index in [-0.39, 0.29) is 23.6 Å². The molecule has 2 aromatic rings. The number of carbonyl (C=O) groups is 3. The summed E-state index contributed by atoms with van der Waals surface area (Å²) in [6.07, 6.45) is 0. The lowest BCUT2D eigenvalue weighted by atomic mass is 10.1. The van der Waals surface area contributed by atoms with Crippen molar-refractivity contribution in [3.8, 4) is 0 Å². The number of amides is 2. The van der Waals surface area contributed by atoms with Gasteiger partial charge in [-0.15, -0.1) is 0 Å². The van der Waals surface area contributed by atoms with Crippen LogP contribution in [0.4, 0.5) is 4.39 Å². The molecule has 1 heterocycles. The van der Waals surface area contributed by atoms with E-state index in [9.17, 15) is 18.8 Å². The fraction of sp³-hybridized carbons (Fsp3) is 0.167. The third-order valence-electron chi connectivity index (χ3n) is 3.85. The zero-order valence-electron chi connectivity index (χ0n) is 12.9. The average Bonchev–Trinajstić information content (AvgIpc) is 2.85. The first-order valence-corrected chi connectivity index (χ1v) is 7.37. The summed E-state index contributed by atoms with van der Waals surface area (Å²) in [5.74, 6) is -2.11. The maximum absolute atomic E-state index is 12.8. The van der Waals surface area contributed by atoms with E-state index in [1.54, 1.807) is 24.3 Å². The monoisotopic (exact) mass is 327 g/mol. The van der Waals surface area contributed by atoms with Crippen LogP contribution in [0, 0.1) is 5.82 Å². The number of imide groups is 1. The van der Waals surface area contributed by atoms with Gasteiger partial charge in [-0.1, -0.05) is 24.3 Å². The first kappa shape index (κ1) is 15.9. The lowest BCUT2D eigenvalue weighted by Gasteiger charge is -2.20. The van der Waals surface area contributed by atoms with Crippen molar-refractivity contribution in [1.29, 1.82) is 0 Å². The second kappa shape index (κ2) is 6.23. The highest BCUT2D eigenvalue weighted by molar-refractivity contribution is 6.22. The first-order valence-electron chi connectivity index (χ1n) is 7.37. The van der Waals surface area contributed by atoms with Gasteiger partial charge in [0.2, 0.25) is 0 Å². The summed E-state index contributed by atoms with van der Waals surface area (Å²) < 4.78 is 18.0. The summed E-state index contributed by atoms with van der Waals surface area (Å²) in [5, 5.41) is 0. The Morgan fingerprint density at radius 3 is 2.12 bits per heavy atom. The molecule has 0 saturated carbocycles. The number of nitrogens with zero attached hydrogens (tertiary/aromatic N) is 1. The Balaban J connectivity index is 1.69. The van der Waals surface area contributed by atoms with Crippen LogP contribution < -0.4 is 0 Å². The van der Waals surface area contributed by atoms with Gasteiger partial charge in [-0.05, 0) is 36.8 Å². The highest BCUT2D eigenvalue weighted by Gasteiger charge is 2.41. The zero-order valence-corrected chi connectivity index (χ0v) is 12.9. The van der Waals surface area contributed by atoms with Gasteiger partial charge < -0.3 is 4.74 Å². The summed E-state index contributed by atoms with van der Waals surface area (Å²) in [4.78, 5) is 37.7. The second-order valence-corrected chi connectivity index (χ2v) is 5.44. The van der Waals surface area contributed by atoms with Crippen LogP contribution >= 0.6 is 0 Å². The minimum Gasteiger partial charge on any atom is -0.459 e. The molecule has 24 heavy (non-hydrogen) atoms. The number of hydrogen-bond acceptors (Lipinski definition) is 4. The Labute approximate surface area is 137 Å². The Morgan fingerprint density at radius 1 is 1.04 bits per heavy atom. The van der Waals surface area contributed by atoms with E-state index in [0.29, 0.717) is 5.56 Å². The number of hydrogen-bond donors (Lipinski definition) is 0. The number of fused-ring (bicyclic) bond motifs is 1. The SMILES string of the molecule is CC(C(=O)OCc1ccc(F)cc1)N1C(=O)c2ccccc2C1=O. The minimum atomic E-state index is -1.04. The predicted octanol–water partition coefficient (Wildman–Crippen LogP) is 2.55. The summed E-state index contributed by atoms with van der Waals surface area (Å²) in [6, 6.07) is 10.9. The number of rotatable bonds is 4. The molecule has 0 bridgehead atoms. The quantitative estimate of drug-likeness (QED) is 0.639. The molecule has 3 rings (SSSR count). The van der Waals surface area contributed by atoms with Crippen molar-refractivity contribution in [3.05, 3.63) is 71.0 Å². The van der Waals surface area contributed by atoms with Crippen LogP contribution in [0.3, 0.4) is 0 Å². The van der Waals surface area contributed by atoms with Gasteiger partial charge in [0, 0.05) is 0 Å². The van der Waals surface area contributed by atoms with Crippen molar-refractivity contribution < 1.29 is 23.5 Å². The molecule has 0 spiro atoms. The van der Waals surface area contributed by atoms with Crippen LogP contribution in [0.2, 0.25) is 0 Å². The van der Waals surface area contributed by atoms with Gasteiger partial charge in [-0.3, -0.25) is 14.5 Å². The van der Waals surface area contributed by atoms with E-state index >= 15 is 0 Å².